The Hall–Kier alpha value is -2.25. The number of ether oxygens (including phenoxy) is 1. The molecule has 0 saturated heterocycles. The standard InChI is InChI=1S/C19H19ClN2O4S/c1-10(2)22-17(23)14-6-5-12(20)7-16(14)21-19(22)27-9-13-8-15(11(3)26-13)18(24)25-4/h5-8,10H,9H2,1-4H3. The Morgan fingerprint density at radius 3 is 2.78 bits per heavy atom. The number of rotatable bonds is 5. The van der Waals surface area contributed by atoms with Crippen LogP contribution in [0.5, 0.6) is 0 Å². The molecule has 0 unspecified atom stereocenters. The third kappa shape index (κ3) is 3.89. The number of hydrogen-bond acceptors (Lipinski definition) is 6. The van der Waals surface area contributed by atoms with E-state index in [2.05, 4.69) is 4.98 Å². The second kappa shape index (κ2) is 7.78. The van der Waals surface area contributed by atoms with Gasteiger partial charge in [-0.3, -0.25) is 9.36 Å². The fraction of sp³-hybridized carbons (Fsp3) is 0.316. The largest absolute Gasteiger partial charge is 0.465 e. The van der Waals surface area contributed by atoms with Gasteiger partial charge in [-0.15, -0.1) is 0 Å². The van der Waals surface area contributed by atoms with Crippen molar-refractivity contribution in [2.24, 2.45) is 0 Å². The zero-order chi connectivity index (χ0) is 19.7. The minimum Gasteiger partial charge on any atom is -0.465 e. The van der Waals surface area contributed by atoms with Crippen molar-refractivity contribution in [1.82, 2.24) is 9.55 Å². The van der Waals surface area contributed by atoms with Gasteiger partial charge in [-0.2, -0.15) is 0 Å². The summed E-state index contributed by atoms with van der Waals surface area (Å²) in [5.41, 5.74) is 0.838. The van der Waals surface area contributed by atoms with E-state index >= 15 is 0 Å². The fourth-order valence-electron chi connectivity index (χ4n) is 2.77. The predicted octanol–water partition coefficient (Wildman–Crippen LogP) is 4.61. The van der Waals surface area contributed by atoms with Crippen LogP contribution >= 0.6 is 23.4 Å². The lowest BCUT2D eigenvalue weighted by atomic mass is 10.2. The summed E-state index contributed by atoms with van der Waals surface area (Å²) in [6.45, 7) is 5.57. The second-order valence-corrected chi connectivity index (χ2v) is 7.67. The van der Waals surface area contributed by atoms with E-state index in [9.17, 15) is 9.59 Å². The first-order chi connectivity index (χ1) is 12.8. The number of aryl methyl sites for hydroxylation is 1. The van der Waals surface area contributed by atoms with Crippen LogP contribution in [-0.4, -0.2) is 22.6 Å². The Bertz CT molecular complexity index is 1070. The number of hydrogen-bond donors (Lipinski definition) is 0. The lowest BCUT2D eigenvalue weighted by Gasteiger charge is -2.15. The van der Waals surface area contributed by atoms with Gasteiger partial charge in [0.05, 0.1) is 23.8 Å². The number of nitrogens with zero attached hydrogens (tertiary/aromatic N) is 2. The van der Waals surface area contributed by atoms with Gasteiger partial charge in [-0.25, -0.2) is 9.78 Å². The maximum absolute atomic E-state index is 12.9. The third-order valence-electron chi connectivity index (χ3n) is 4.07. The van der Waals surface area contributed by atoms with E-state index < -0.39 is 5.97 Å². The van der Waals surface area contributed by atoms with Crippen LogP contribution in [0.15, 0.2) is 38.6 Å². The first kappa shape index (κ1) is 19.5. The first-order valence-corrected chi connectivity index (χ1v) is 9.70. The number of halogens is 1. The van der Waals surface area contributed by atoms with E-state index in [1.54, 1.807) is 35.8 Å². The lowest BCUT2D eigenvalue weighted by Crippen LogP contribution is -2.25. The van der Waals surface area contributed by atoms with Gasteiger partial charge in [0, 0.05) is 11.1 Å². The Labute approximate surface area is 165 Å². The Kier molecular flexibility index (Phi) is 5.62. The number of esters is 1. The van der Waals surface area contributed by atoms with Gasteiger partial charge in [0.25, 0.3) is 5.56 Å². The van der Waals surface area contributed by atoms with Crippen molar-refractivity contribution in [3.05, 3.63) is 56.7 Å². The quantitative estimate of drug-likeness (QED) is 0.350. The maximum Gasteiger partial charge on any atom is 0.341 e. The second-order valence-electron chi connectivity index (χ2n) is 6.29. The summed E-state index contributed by atoms with van der Waals surface area (Å²) in [5, 5.41) is 1.62. The highest BCUT2D eigenvalue weighted by atomic mass is 35.5. The van der Waals surface area contributed by atoms with Crippen LogP contribution in [0.1, 0.15) is 41.8 Å². The zero-order valence-corrected chi connectivity index (χ0v) is 17.0. The molecule has 0 bridgehead atoms. The zero-order valence-electron chi connectivity index (χ0n) is 15.4. The monoisotopic (exact) mass is 406 g/mol. The van der Waals surface area contributed by atoms with Crippen LogP contribution in [0, 0.1) is 6.92 Å². The summed E-state index contributed by atoms with van der Waals surface area (Å²) in [5.74, 6) is 1.08. The number of carbonyl (C=O) groups excluding carboxylic acids is 1. The number of carbonyl (C=O) groups is 1. The Balaban J connectivity index is 1.98. The van der Waals surface area contributed by atoms with Crippen molar-refractivity contribution in [3.63, 3.8) is 0 Å². The molecule has 2 aromatic heterocycles. The van der Waals surface area contributed by atoms with Gasteiger partial charge in [0.1, 0.15) is 17.1 Å². The average molecular weight is 407 g/mol. The molecular weight excluding hydrogens is 388 g/mol. The molecule has 3 rings (SSSR count). The van der Waals surface area contributed by atoms with Gasteiger partial charge in [-0.1, -0.05) is 23.4 Å². The van der Waals surface area contributed by atoms with Gasteiger partial charge >= 0.3 is 5.97 Å². The van der Waals surface area contributed by atoms with E-state index in [1.807, 2.05) is 13.8 Å². The molecule has 0 spiro atoms. The molecule has 0 N–H and O–H groups in total. The number of benzene rings is 1. The van der Waals surface area contributed by atoms with Crippen LogP contribution in [0.2, 0.25) is 5.02 Å². The van der Waals surface area contributed by atoms with E-state index in [0.717, 1.165) is 0 Å². The number of methoxy groups -OCH3 is 1. The van der Waals surface area contributed by atoms with Crippen LogP contribution in [0.4, 0.5) is 0 Å². The van der Waals surface area contributed by atoms with Crippen molar-refractivity contribution < 1.29 is 13.9 Å². The highest BCUT2D eigenvalue weighted by molar-refractivity contribution is 7.98. The van der Waals surface area contributed by atoms with Crippen molar-refractivity contribution in [2.75, 3.05) is 7.11 Å². The van der Waals surface area contributed by atoms with E-state index in [-0.39, 0.29) is 11.6 Å². The van der Waals surface area contributed by atoms with E-state index in [4.69, 9.17) is 20.8 Å². The van der Waals surface area contributed by atoms with Crippen molar-refractivity contribution in [2.45, 2.75) is 37.7 Å². The maximum atomic E-state index is 12.9. The average Bonchev–Trinajstić information content (AvgIpc) is 2.99. The molecule has 0 aliphatic rings. The smallest absolute Gasteiger partial charge is 0.341 e. The van der Waals surface area contributed by atoms with Gasteiger partial charge in [0.15, 0.2) is 5.16 Å². The highest BCUT2D eigenvalue weighted by Crippen LogP contribution is 2.27. The topological polar surface area (TPSA) is 74.3 Å². The summed E-state index contributed by atoms with van der Waals surface area (Å²) in [7, 11) is 1.33. The Morgan fingerprint density at radius 1 is 1.37 bits per heavy atom. The minimum absolute atomic E-state index is 0.0588. The van der Waals surface area contributed by atoms with E-state index in [1.165, 1.54) is 18.9 Å². The molecule has 0 fully saturated rings. The van der Waals surface area contributed by atoms with Gasteiger partial charge in [0.2, 0.25) is 0 Å². The first-order valence-electron chi connectivity index (χ1n) is 8.34. The van der Waals surface area contributed by atoms with Gasteiger partial charge in [-0.05, 0) is 45.0 Å². The summed E-state index contributed by atoms with van der Waals surface area (Å²) in [6.07, 6.45) is 0. The SMILES string of the molecule is COC(=O)c1cc(CSc2nc3cc(Cl)ccc3c(=O)n2C(C)C)oc1C. The van der Waals surface area contributed by atoms with Crippen molar-refractivity contribution in [1.29, 1.82) is 0 Å². The van der Waals surface area contributed by atoms with Gasteiger partial charge < -0.3 is 9.15 Å². The van der Waals surface area contributed by atoms with Crippen LogP contribution in [0.3, 0.4) is 0 Å². The highest BCUT2D eigenvalue weighted by Gasteiger charge is 2.18. The molecule has 0 amide bonds. The molecule has 2 heterocycles. The van der Waals surface area contributed by atoms with Crippen LogP contribution in [-0.2, 0) is 10.5 Å². The molecule has 27 heavy (non-hydrogen) atoms. The molecule has 1 aromatic carbocycles. The third-order valence-corrected chi connectivity index (χ3v) is 5.28. The molecule has 6 nitrogen and oxygen atoms in total. The van der Waals surface area contributed by atoms with Crippen LogP contribution < -0.4 is 5.56 Å². The molecule has 0 aliphatic heterocycles. The minimum atomic E-state index is -0.440. The number of furan rings is 1. The molecule has 8 heteroatoms. The number of aromatic nitrogens is 2. The van der Waals surface area contributed by atoms with Crippen LogP contribution in [0.25, 0.3) is 10.9 Å². The molecule has 0 saturated carbocycles. The molecule has 3 aromatic rings. The molecule has 142 valence electrons. The van der Waals surface area contributed by atoms with Crippen molar-refractivity contribution in [3.8, 4) is 0 Å². The summed E-state index contributed by atoms with van der Waals surface area (Å²) in [6, 6.07) is 6.66. The molecule has 0 radical (unpaired) electrons. The Morgan fingerprint density at radius 2 is 2.11 bits per heavy atom. The predicted molar refractivity (Wildman–Crippen MR) is 106 cm³/mol. The molecule has 0 aliphatic carbocycles. The summed E-state index contributed by atoms with van der Waals surface area (Å²) in [4.78, 5) is 29.2. The number of thioether (sulfide) groups is 1. The fourth-order valence-corrected chi connectivity index (χ4v) is 3.95. The molecule has 0 atom stereocenters. The lowest BCUT2D eigenvalue weighted by molar-refractivity contribution is 0.0599. The normalized spacial score (nSPS) is 11.3. The molecular formula is C19H19ClN2O4S. The summed E-state index contributed by atoms with van der Waals surface area (Å²) < 4.78 is 12.0. The summed E-state index contributed by atoms with van der Waals surface area (Å²) >= 11 is 7.42. The van der Waals surface area contributed by atoms with Crippen molar-refractivity contribution >= 4 is 40.2 Å². The number of fused-ring (bicyclic) bond motifs is 1. The van der Waals surface area contributed by atoms with E-state index in [0.29, 0.717) is 43.9 Å².